The highest BCUT2D eigenvalue weighted by molar-refractivity contribution is 6.62. The maximum atomic E-state index is 2.83. The van der Waals surface area contributed by atoms with Crippen LogP contribution in [0.15, 0.2) is 145 Å². The van der Waals surface area contributed by atoms with Crippen LogP contribution in [-0.2, 0) is 0 Å². The topological polar surface area (TPSA) is 3.24 Å². The summed E-state index contributed by atoms with van der Waals surface area (Å²) in [7, 11) is 0. The second kappa shape index (κ2) is 12.1. The van der Waals surface area contributed by atoms with E-state index in [1.807, 2.05) is 0 Å². The fourth-order valence-electron chi connectivity index (χ4n) is 9.50. The summed E-state index contributed by atoms with van der Waals surface area (Å²) >= 11 is 0. The van der Waals surface area contributed by atoms with Crippen molar-refractivity contribution in [3.05, 3.63) is 178 Å². The number of benzene rings is 6. The van der Waals surface area contributed by atoms with Crippen molar-refractivity contribution in [3.63, 3.8) is 0 Å². The molecule has 0 radical (unpaired) electrons. The van der Waals surface area contributed by atoms with Crippen LogP contribution < -0.4 is 0 Å². The van der Waals surface area contributed by atoms with Crippen LogP contribution in [0.3, 0.4) is 0 Å². The molecule has 0 aliphatic heterocycles. The molecule has 1 nitrogen and oxygen atoms in total. The second-order valence-electron chi connectivity index (χ2n) is 14.4. The summed E-state index contributed by atoms with van der Waals surface area (Å²) in [6.07, 6.45) is 0. The quantitative estimate of drug-likeness (QED) is 0.160. The zero-order valence-corrected chi connectivity index (χ0v) is 29.0. The molecule has 0 saturated heterocycles. The van der Waals surface area contributed by atoms with E-state index >= 15 is 0 Å². The Balaban J connectivity index is 1.41. The zero-order valence-electron chi connectivity index (χ0n) is 29.0. The maximum absolute atomic E-state index is 2.83. The minimum atomic E-state index is 0.229. The summed E-state index contributed by atoms with van der Waals surface area (Å²) in [6, 6.07) is 50.7. The van der Waals surface area contributed by atoms with Crippen LogP contribution in [0.1, 0.15) is 86.6 Å². The molecule has 0 saturated carbocycles. The molecule has 0 heterocycles. The number of fused-ring (bicyclic) bond motifs is 4. The summed E-state index contributed by atoms with van der Waals surface area (Å²) in [5.74, 6) is 0.472. The summed E-state index contributed by atoms with van der Waals surface area (Å²) in [5.41, 5.74) is 14.1. The van der Waals surface area contributed by atoms with Gasteiger partial charge in [-0.15, -0.1) is 0 Å². The third-order valence-corrected chi connectivity index (χ3v) is 11.2. The summed E-state index contributed by atoms with van der Waals surface area (Å²) < 4.78 is 0. The minimum Gasteiger partial charge on any atom is -0.336 e. The fraction of sp³-hybridized carbons (Fsp3) is 0.217. The van der Waals surface area contributed by atoms with Crippen molar-refractivity contribution in [2.45, 2.75) is 65.3 Å². The van der Waals surface area contributed by atoms with Gasteiger partial charge in [-0.1, -0.05) is 172 Å². The highest BCUT2D eigenvalue weighted by atomic mass is 15.1. The van der Waals surface area contributed by atoms with E-state index < -0.39 is 0 Å². The molecule has 2 unspecified atom stereocenters. The molecule has 2 aliphatic carbocycles. The molecular weight excluding hydrogens is 577 g/mol. The lowest BCUT2D eigenvalue weighted by atomic mass is 9.37. The van der Waals surface area contributed by atoms with Crippen LogP contribution >= 0.6 is 0 Å². The number of nitrogens with zero attached hydrogens (tertiary/aromatic N) is 1. The van der Waals surface area contributed by atoms with Crippen LogP contribution in [0, 0.1) is 0 Å². The molecule has 6 aromatic carbocycles. The van der Waals surface area contributed by atoms with Gasteiger partial charge in [0.05, 0.1) is 0 Å². The predicted molar refractivity (Wildman–Crippen MR) is 208 cm³/mol. The average Bonchev–Trinajstić information content (AvgIpc) is 3.55. The first-order chi connectivity index (χ1) is 23.4. The van der Waals surface area contributed by atoms with Crippen molar-refractivity contribution in [2.24, 2.45) is 0 Å². The third-order valence-electron chi connectivity index (χ3n) is 11.2. The number of rotatable bonds is 7. The molecule has 2 heteroatoms. The van der Waals surface area contributed by atoms with E-state index in [9.17, 15) is 0 Å². The molecule has 0 fully saturated rings. The van der Waals surface area contributed by atoms with E-state index in [2.05, 4.69) is 180 Å². The van der Waals surface area contributed by atoms with E-state index in [4.69, 9.17) is 0 Å². The van der Waals surface area contributed by atoms with Crippen LogP contribution in [0.25, 0.3) is 32.7 Å². The maximum Gasteiger partial charge on any atom is 0.247 e. The van der Waals surface area contributed by atoms with Crippen molar-refractivity contribution in [2.75, 3.05) is 0 Å². The van der Waals surface area contributed by atoms with Crippen LogP contribution in [0.4, 0.5) is 0 Å². The Hall–Kier alpha value is -4.66. The molecule has 2 aliphatic rings. The van der Waals surface area contributed by atoms with E-state index in [0.29, 0.717) is 12.1 Å². The number of allylic oxidation sites excluding steroid dienone is 2. The lowest BCUT2D eigenvalue weighted by Gasteiger charge is -2.43. The lowest BCUT2D eigenvalue weighted by molar-refractivity contribution is 0.295. The second-order valence-corrected chi connectivity index (χ2v) is 14.4. The van der Waals surface area contributed by atoms with Crippen molar-refractivity contribution in [3.8, 4) is 0 Å². The Bertz CT molecular complexity index is 2080. The predicted octanol–water partition coefficient (Wildman–Crippen LogP) is 11.7. The minimum absolute atomic E-state index is 0.229. The van der Waals surface area contributed by atoms with Crippen molar-refractivity contribution < 1.29 is 0 Å². The van der Waals surface area contributed by atoms with Gasteiger partial charge in [0, 0.05) is 11.6 Å². The van der Waals surface area contributed by atoms with Gasteiger partial charge in [-0.25, -0.2) is 0 Å². The smallest absolute Gasteiger partial charge is 0.247 e. The SMILES string of the molecule is CC1=C(c2cccc3ccccc23)c2ccccc2C1B(C1C(C)=C(c2cccc3ccccc23)c2ccccc21)N(C(C)C)C(C)C. The molecule has 2 atom stereocenters. The van der Waals surface area contributed by atoms with Crippen LogP contribution in [0.5, 0.6) is 0 Å². The first-order valence-electron chi connectivity index (χ1n) is 17.7. The van der Waals surface area contributed by atoms with Gasteiger partial charge in [-0.2, -0.15) is 0 Å². The van der Waals surface area contributed by atoms with E-state index in [0.717, 1.165) is 0 Å². The highest BCUT2D eigenvalue weighted by Gasteiger charge is 2.49. The summed E-state index contributed by atoms with van der Waals surface area (Å²) in [5, 5.41) is 5.24. The molecule has 0 bridgehead atoms. The van der Waals surface area contributed by atoms with E-state index in [1.54, 1.807) is 0 Å². The van der Waals surface area contributed by atoms with Crippen LogP contribution in [-0.4, -0.2) is 23.7 Å². The molecule has 0 N–H and O–H groups in total. The average molecular weight is 622 g/mol. The standard InChI is InChI=1S/C46H44BN/c1-29(2)48(30(3)4)47(45-31(5)43(39-23-11-13-25-41(39)45)37-27-15-19-33-17-7-9-21-35(33)37)46-32(6)44(40-24-12-14-26-42(40)46)38-28-16-20-34-18-8-10-22-36(34)38/h7-30,45-46H,1-6H3. The van der Waals surface area contributed by atoms with Gasteiger partial charge in [-0.3, -0.25) is 0 Å². The van der Waals surface area contributed by atoms with Crippen LogP contribution in [0.2, 0.25) is 0 Å². The zero-order chi connectivity index (χ0) is 33.1. The normalized spacial score (nSPS) is 17.4. The van der Waals surface area contributed by atoms with Gasteiger partial charge in [-0.05, 0) is 92.0 Å². The molecule has 6 aromatic rings. The van der Waals surface area contributed by atoms with Gasteiger partial charge in [0.2, 0.25) is 6.85 Å². The van der Waals surface area contributed by atoms with Gasteiger partial charge >= 0.3 is 0 Å². The van der Waals surface area contributed by atoms with Gasteiger partial charge in [0.1, 0.15) is 0 Å². The highest BCUT2D eigenvalue weighted by Crippen LogP contribution is 2.55. The number of hydrogen-bond acceptors (Lipinski definition) is 1. The Morgan fingerprint density at radius 3 is 1.23 bits per heavy atom. The molecule has 236 valence electrons. The largest absolute Gasteiger partial charge is 0.336 e. The monoisotopic (exact) mass is 621 g/mol. The van der Waals surface area contributed by atoms with Crippen molar-refractivity contribution in [1.82, 2.24) is 4.81 Å². The van der Waals surface area contributed by atoms with Gasteiger partial charge in [0.25, 0.3) is 0 Å². The van der Waals surface area contributed by atoms with E-state index in [-0.39, 0.29) is 18.5 Å². The Labute approximate surface area is 286 Å². The Morgan fingerprint density at radius 2 is 0.792 bits per heavy atom. The first-order valence-corrected chi connectivity index (χ1v) is 17.7. The van der Waals surface area contributed by atoms with Crippen molar-refractivity contribution >= 4 is 39.5 Å². The molecule has 0 aromatic heterocycles. The molecule has 0 amide bonds. The molecule has 48 heavy (non-hydrogen) atoms. The Morgan fingerprint density at radius 1 is 0.438 bits per heavy atom. The summed E-state index contributed by atoms with van der Waals surface area (Å²) in [6.45, 7) is 14.7. The fourth-order valence-corrected chi connectivity index (χ4v) is 9.50. The molecule has 8 rings (SSSR count). The Kier molecular flexibility index (Phi) is 7.73. The molecule has 0 spiro atoms. The number of hydrogen-bond donors (Lipinski definition) is 0. The molecular formula is C46H44BN. The first kappa shape index (κ1) is 30.7. The van der Waals surface area contributed by atoms with Gasteiger partial charge in [0.15, 0.2) is 0 Å². The summed E-state index contributed by atoms with van der Waals surface area (Å²) in [4.78, 5) is 2.83. The third kappa shape index (κ3) is 4.72. The van der Waals surface area contributed by atoms with Gasteiger partial charge < -0.3 is 4.81 Å². The van der Waals surface area contributed by atoms with Crippen molar-refractivity contribution in [1.29, 1.82) is 0 Å². The lowest BCUT2D eigenvalue weighted by Crippen LogP contribution is -2.54. The van der Waals surface area contributed by atoms with E-state index in [1.165, 1.54) is 77.2 Å².